The van der Waals surface area contributed by atoms with Crippen molar-refractivity contribution in [3.63, 3.8) is 0 Å². The van der Waals surface area contributed by atoms with E-state index in [0.717, 1.165) is 31.2 Å². The van der Waals surface area contributed by atoms with Gasteiger partial charge in [-0.2, -0.15) is 0 Å². The van der Waals surface area contributed by atoms with Gasteiger partial charge < -0.3 is 87.6 Å². The lowest BCUT2D eigenvalue weighted by atomic mass is 10.1. The summed E-state index contributed by atoms with van der Waals surface area (Å²) in [6, 6.07) is 8.45. The normalized spacial score (nSPS) is 11.0. The number of amides is 6. The minimum atomic E-state index is -1.09. The van der Waals surface area contributed by atoms with Gasteiger partial charge in [-0.05, 0) is 76.4 Å². The number of benzene rings is 1. The molecule has 0 saturated heterocycles. The Hall–Kier alpha value is -6.96. The first-order valence-corrected chi connectivity index (χ1v) is 23.3. The molecular weight excluding hydrogens is 893 g/mol. The number of rotatable bonds is 38. The van der Waals surface area contributed by atoms with E-state index in [1.54, 1.807) is 0 Å². The number of nitrogens with one attached hydrogen (secondary N) is 2. The van der Waals surface area contributed by atoms with Crippen LogP contribution < -0.4 is 68.0 Å². The SMILES string of the molecule is NCCCCCCNCC(=O)N(CCCN=C(N)N)CC(=O)N(CCCN=C(N)N)CC(=O)N(CCCc1ccccc1)CC(=O)N(CCCN=C(N)N)CC(=O)N[C@H](CCCN=C(N)N)C(N)=O. The molecule has 1 rings (SSSR count). The van der Waals surface area contributed by atoms with Crippen LogP contribution in [-0.4, -0.2) is 183 Å². The second-order valence-corrected chi connectivity index (χ2v) is 16.2. The topological polar surface area (TPSA) is 449 Å². The number of unbranched alkanes of at least 4 members (excludes halogenated alkanes) is 3. The van der Waals surface area contributed by atoms with Gasteiger partial charge in [-0.3, -0.25) is 48.7 Å². The Balaban J connectivity index is 3.49. The molecule has 0 heterocycles. The Morgan fingerprint density at radius 3 is 1.36 bits per heavy atom. The standard InChI is InChI=1S/C43H80N20O6/c44-17-6-1-2-7-18-54-27-35(65)61(25-11-21-57-42(50)51)29-37(67)63(26-12-22-58-43(52)53)31-38(68)62(23-9-15-32-13-4-3-5-14-32)30-36(66)60(24-10-20-56-41(48)49)28-34(64)59-33(39(45)69)16-8-19-55-40(46)47/h3-5,13-14,33,54H,1-2,6-12,15-31,44H2,(H2,45,69)(H,59,64)(H4,46,47,55)(H4,48,49,56)(H4,50,51,57)(H4,52,53,58)/t33-/m1/s1. The number of hydrogen-bond donors (Lipinski definition) is 12. The number of nitrogens with zero attached hydrogens (tertiary/aromatic N) is 8. The Kier molecular flexibility index (Phi) is 31.4. The second kappa shape index (κ2) is 36.1. The highest BCUT2D eigenvalue weighted by atomic mass is 16.2. The van der Waals surface area contributed by atoms with Crippen molar-refractivity contribution in [3.05, 3.63) is 35.9 Å². The maximum Gasteiger partial charge on any atom is 0.242 e. The predicted molar refractivity (Wildman–Crippen MR) is 268 cm³/mol. The van der Waals surface area contributed by atoms with Gasteiger partial charge in [0.15, 0.2) is 23.8 Å². The highest BCUT2D eigenvalue weighted by Crippen LogP contribution is 2.09. The number of primary amides is 1. The Bertz CT molecular complexity index is 1820. The van der Waals surface area contributed by atoms with Crippen molar-refractivity contribution in [2.24, 2.45) is 77.3 Å². The first kappa shape index (κ1) is 60.1. The smallest absolute Gasteiger partial charge is 0.242 e. The van der Waals surface area contributed by atoms with Gasteiger partial charge in [0.2, 0.25) is 35.4 Å². The van der Waals surface area contributed by atoms with Crippen LogP contribution in [0.5, 0.6) is 0 Å². The zero-order chi connectivity index (χ0) is 51.4. The predicted octanol–water partition coefficient (Wildman–Crippen LogP) is -4.94. The summed E-state index contributed by atoms with van der Waals surface area (Å²) in [6.07, 6.45) is 5.96. The van der Waals surface area contributed by atoms with Crippen molar-refractivity contribution in [3.8, 4) is 0 Å². The quantitative estimate of drug-likeness (QED) is 0.0168. The first-order valence-electron chi connectivity index (χ1n) is 23.3. The van der Waals surface area contributed by atoms with E-state index >= 15 is 0 Å². The molecule has 22 N–H and O–H groups in total. The summed E-state index contributed by atoms with van der Waals surface area (Å²) in [5, 5.41) is 5.72. The molecule has 0 aliphatic rings. The molecule has 6 amide bonds. The van der Waals surface area contributed by atoms with Gasteiger partial charge in [0, 0.05) is 52.4 Å². The maximum absolute atomic E-state index is 14.5. The number of carbonyl (C=O) groups is 6. The van der Waals surface area contributed by atoms with Crippen molar-refractivity contribution < 1.29 is 28.8 Å². The summed E-state index contributed by atoms with van der Waals surface area (Å²) in [5.41, 5.74) is 56.1. The van der Waals surface area contributed by atoms with Gasteiger partial charge >= 0.3 is 0 Å². The van der Waals surface area contributed by atoms with Crippen LogP contribution in [-0.2, 0) is 35.2 Å². The summed E-state index contributed by atoms with van der Waals surface area (Å²) in [5.74, 6) is -4.11. The fraction of sp³-hybridized carbons (Fsp3) is 0.628. The van der Waals surface area contributed by atoms with Gasteiger partial charge in [0.25, 0.3) is 0 Å². The number of aliphatic imine (C=N–C) groups is 4. The second-order valence-electron chi connectivity index (χ2n) is 16.2. The monoisotopic (exact) mass is 973 g/mol. The Morgan fingerprint density at radius 2 is 0.913 bits per heavy atom. The third-order valence-corrected chi connectivity index (χ3v) is 10.3. The molecule has 1 aromatic rings. The van der Waals surface area contributed by atoms with Gasteiger partial charge in [-0.15, -0.1) is 0 Å². The van der Waals surface area contributed by atoms with Gasteiger partial charge in [-0.1, -0.05) is 43.2 Å². The zero-order valence-electron chi connectivity index (χ0n) is 40.1. The molecule has 69 heavy (non-hydrogen) atoms. The molecule has 0 fully saturated rings. The van der Waals surface area contributed by atoms with E-state index in [0.29, 0.717) is 38.8 Å². The molecule has 1 aromatic carbocycles. The molecule has 0 aromatic heterocycles. The minimum absolute atomic E-state index is 0.00754. The van der Waals surface area contributed by atoms with E-state index in [1.165, 1.54) is 19.6 Å². The summed E-state index contributed by atoms with van der Waals surface area (Å²) >= 11 is 0. The van der Waals surface area contributed by atoms with Gasteiger partial charge in [-0.25, -0.2) is 0 Å². The highest BCUT2D eigenvalue weighted by Gasteiger charge is 2.28. The molecule has 0 spiro atoms. The van der Waals surface area contributed by atoms with Gasteiger partial charge in [0.05, 0.1) is 32.7 Å². The number of aryl methyl sites for hydroxylation is 1. The van der Waals surface area contributed by atoms with E-state index in [1.807, 2.05) is 30.3 Å². The lowest BCUT2D eigenvalue weighted by Crippen LogP contribution is -2.52. The van der Waals surface area contributed by atoms with Crippen molar-refractivity contribution in [1.29, 1.82) is 0 Å². The van der Waals surface area contributed by atoms with Crippen molar-refractivity contribution in [2.75, 3.05) is 98.2 Å². The molecule has 0 bridgehead atoms. The third-order valence-electron chi connectivity index (χ3n) is 10.3. The van der Waals surface area contributed by atoms with E-state index in [9.17, 15) is 28.8 Å². The molecule has 0 aliphatic carbocycles. The van der Waals surface area contributed by atoms with Crippen LogP contribution in [0, 0.1) is 0 Å². The van der Waals surface area contributed by atoms with Gasteiger partial charge in [0.1, 0.15) is 6.04 Å². The fourth-order valence-corrected chi connectivity index (χ4v) is 6.74. The average Bonchev–Trinajstić information content (AvgIpc) is 3.29. The van der Waals surface area contributed by atoms with Crippen LogP contribution >= 0.6 is 0 Å². The fourth-order valence-electron chi connectivity index (χ4n) is 6.74. The average molecular weight is 973 g/mol. The molecule has 26 heteroatoms. The van der Waals surface area contributed by atoms with Crippen LogP contribution in [0.3, 0.4) is 0 Å². The summed E-state index contributed by atoms with van der Waals surface area (Å²) in [7, 11) is 0. The van der Waals surface area contributed by atoms with Crippen LogP contribution in [0.15, 0.2) is 50.3 Å². The van der Waals surface area contributed by atoms with Crippen molar-refractivity contribution in [1.82, 2.24) is 30.2 Å². The van der Waals surface area contributed by atoms with E-state index in [-0.39, 0.29) is 114 Å². The molecule has 0 saturated carbocycles. The molecule has 0 aliphatic heterocycles. The minimum Gasteiger partial charge on any atom is -0.370 e. The lowest BCUT2D eigenvalue weighted by Gasteiger charge is -2.31. The number of carbonyl (C=O) groups excluding carboxylic acids is 6. The molecule has 388 valence electrons. The van der Waals surface area contributed by atoms with E-state index in [2.05, 4.69) is 30.6 Å². The van der Waals surface area contributed by atoms with Crippen LogP contribution in [0.2, 0.25) is 0 Å². The summed E-state index contributed by atoms with van der Waals surface area (Å²) < 4.78 is 0. The van der Waals surface area contributed by atoms with Crippen LogP contribution in [0.1, 0.15) is 69.8 Å². The number of hydrogen-bond acceptors (Lipinski definition) is 12. The molecule has 0 radical (unpaired) electrons. The highest BCUT2D eigenvalue weighted by molar-refractivity contribution is 5.92. The number of nitrogens with two attached hydrogens (primary N) is 10. The number of guanidine groups is 4. The molecular formula is C43H80N20O6. The van der Waals surface area contributed by atoms with E-state index < -0.39 is 55.2 Å². The van der Waals surface area contributed by atoms with Crippen molar-refractivity contribution >= 4 is 59.3 Å². The van der Waals surface area contributed by atoms with E-state index in [4.69, 9.17) is 57.3 Å². The molecule has 26 nitrogen and oxygen atoms in total. The molecule has 1 atom stereocenters. The first-order chi connectivity index (χ1) is 32.9. The third kappa shape index (κ3) is 30.1. The lowest BCUT2D eigenvalue weighted by molar-refractivity contribution is -0.146. The Morgan fingerprint density at radius 1 is 0.493 bits per heavy atom. The molecule has 0 unspecified atom stereocenters. The van der Waals surface area contributed by atoms with Crippen LogP contribution in [0.25, 0.3) is 0 Å². The summed E-state index contributed by atoms with van der Waals surface area (Å²) in [6.45, 7) is 0.249. The largest absolute Gasteiger partial charge is 0.370 e. The zero-order valence-corrected chi connectivity index (χ0v) is 40.1. The summed E-state index contributed by atoms with van der Waals surface area (Å²) in [4.78, 5) is 103. The van der Waals surface area contributed by atoms with Crippen molar-refractivity contribution in [2.45, 2.75) is 76.7 Å². The van der Waals surface area contributed by atoms with Crippen LogP contribution in [0.4, 0.5) is 0 Å². The Labute approximate surface area is 405 Å². The maximum atomic E-state index is 14.5.